The lowest BCUT2D eigenvalue weighted by molar-refractivity contribution is -0.146. The first-order chi connectivity index (χ1) is 19.1. The molecule has 1 saturated heterocycles. The summed E-state index contributed by atoms with van der Waals surface area (Å²) >= 11 is 1.48. The third-order valence-electron chi connectivity index (χ3n) is 8.50. The second-order valence-electron chi connectivity index (χ2n) is 12.4. The Balaban J connectivity index is 3.23. The van der Waals surface area contributed by atoms with Gasteiger partial charge in [-0.1, -0.05) is 48.0 Å². The molecule has 0 spiro atoms. The third-order valence-corrected chi connectivity index (χ3v) is 9.58. The van der Waals surface area contributed by atoms with Crippen molar-refractivity contribution in [2.45, 2.75) is 109 Å². The molecule has 7 unspecified atom stereocenters. The molecule has 0 radical (unpaired) electrons. The number of hydrogen-bond donors (Lipinski definition) is 2. The summed E-state index contributed by atoms with van der Waals surface area (Å²) in [4.78, 5) is 57.7. The maximum absolute atomic E-state index is 14.0. The van der Waals surface area contributed by atoms with Crippen molar-refractivity contribution in [2.24, 2.45) is 17.8 Å². The predicted octanol–water partition coefficient (Wildman–Crippen LogP) is 3.19. The fourth-order valence-electron chi connectivity index (χ4n) is 6.16. The van der Waals surface area contributed by atoms with Crippen LogP contribution in [0.1, 0.15) is 73.6 Å². The number of methoxy groups -OCH3 is 1. The number of amides is 3. The molecular weight excluding hydrogens is 544 g/mol. The van der Waals surface area contributed by atoms with E-state index in [0.29, 0.717) is 6.54 Å². The van der Waals surface area contributed by atoms with E-state index < -0.39 is 24.2 Å². The minimum Gasteiger partial charge on any atom is -0.481 e. The smallest absolute Gasteiger partial charge is 0.304 e. The van der Waals surface area contributed by atoms with E-state index in [1.165, 1.54) is 11.8 Å². The second kappa shape index (κ2) is 17.3. The van der Waals surface area contributed by atoms with Gasteiger partial charge in [0.25, 0.3) is 0 Å². The molecule has 1 aliphatic heterocycles. The second-order valence-corrected chi connectivity index (χ2v) is 13.4. The van der Waals surface area contributed by atoms with E-state index in [2.05, 4.69) is 5.32 Å². The monoisotopic (exact) mass is 600 g/mol. The lowest BCUT2D eigenvalue weighted by Crippen LogP contribution is -2.59. The molecule has 2 N–H and O–H groups in total. The fraction of sp³-hybridized carbons (Fsp3) is 0.867. The van der Waals surface area contributed by atoms with Crippen molar-refractivity contribution in [2.75, 3.05) is 41.1 Å². The number of likely N-dealkylation sites (tertiary alicyclic amines) is 1. The van der Waals surface area contributed by atoms with Crippen molar-refractivity contribution >= 4 is 35.5 Å². The number of aliphatic carboxylic acids is 1. The minimum atomic E-state index is -0.868. The van der Waals surface area contributed by atoms with Gasteiger partial charge in [0.05, 0.1) is 31.0 Å². The van der Waals surface area contributed by atoms with Crippen LogP contribution in [0.25, 0.3) is 0 Å². The predicted molar refractivity (Wildman–Crippen MR) is 165 cm³/mol. The molecular formula is C30H56N4O6S. The van der Waals surface area contributed by atoms with Crippen LogP contribution in [0.2, 0.25) is 0 Å². The molecule has 3 amide bonds. The number of carbonyl (C=O) groups excluding carboxylic acids is 3. The van der Waals surface area contributed by atoms with Crippen LogP contribution in [-0.2, 0) is 23.9 Å². The van der Waals surface area contributed by atoms with E-state index in [1.54, 1.807) is 19.1 Å². The third kappa shape index (κ3) is 10.1. The average molecular weight is 601 g/mol. The van der Waals surface area contributed by atoms with E-state index in [4.69, 9.17) is 4.74 Å². The first kappa shape index (κ1) is 37.2. The largest absolute Gasteiger partial charge is 0.481 e. The topological polar surface area (TPSA) is 119 Å². The zero-order valence-corrected chi connectivity index (χ0v) is 28.0. The molecule has 1 fully saturated rings. The van der Waals surface area contributed by atoms with Gasteiger partial charge in [-0.2, -0.15) is 11.8 Å². The van der Waals surface area contributed by atoms with E-state index in [1.807, 2.05) is 71.7 Å². The molecule has 10 nitrogen and oxygen atoms in total. The van der Waals surface area contributed by atoms with Gasteiger partial charge < -0.3 is 25.0 Å². The van der Waals surface area contributed by atoms with Gasteiger partial charge in [0, 0.05) is 32.0 Å². The lowest BCUT2D eigenvalue weighted by Gasteiger charge is -2.41. The van der Waals surface area contributed by atoms with Crippen LogP contribution in [-0.4, -0.2) is 120 Å². The number of ether oxygens (including phenoxy) is 1. The minimum absolute atomic E-state index is 0.00382. The van der Waals surface area contributed by atoms with Gasteiger partial charge in [0.15, 0.2) is 0 Å². The highest BCUT2D eigenvalue weighted by atomic mass is 32.2. The maximum Gasteiger partial charge on any atom is 0.304 e. The summed E-state index contributed by atoms with van der Waals surface area (Å²) < 4.78 is 5.91. The van der Waals surface area contributed by atoms with Crippen LogP contribution in [0.3, 0.4) is 0 Å². The van der Waals surface area contributed by atoms with Crippen LogP contribution in [0.4, 0.5) is 0 Å². The molecule has 7 atom stereocenters. The number of thioether (sulfide) groups is 1. The molecule has 238 valence electrons. The molecule has 0 aliphatic carbocycles. The Kier molecular flexibility index (Phi) is 15.7. The molecule has 0 aromatic rings. The van der Waals surface area contributed by atoms with Crippen LogP contribution in [0.5, 0.6) is 0 Å². The number of carbonyl (C=O) groups is 4. The molecule has 1 heterocycles. The van der Waals surface area contributed by atoms with E-state index >= 15 is 0 Å². The Morgan fingerprint density at radius 2 is 1.66 bits per heavy atom. The first-order valence-electron chi connectivity index (χ1n) is 14.9. The average Bonchev–Trinajstić information content (AvgIpc) is 3.38. The summed E-state index contributed by atoms with van der Waals surface area (Å²) in [5.41, 5.74) is 0. The Labute approximate surface area is 252 Å². The fourth-order valence-corrected chi connectivity index (χ4v) is 7.07. The summed E-state index contributed by atoms with van der Waals surface area (Å²) in [5.74, 6) is -1.41. The highest BCUT2D eigenvalue weighted by molar-refractivity contribution is 7.99. The molecule has 11 heteroatoms. The number of nitrogens with one attached hydrogen (secondary N) is 1. The van der Waals surface area contributed by atoms with Gasteiger partial charge in [-0.05, 0) is 50.9 Å². The van der Waals surface area contributed by atoms with Gasteiger partial charge >= 0.3 is 5.97 Å². The quantitative estimate of drug-likeness (QED) is 0.261. The van der Waals surface area contributed by atoms with Gasteiger partial charge in [-0.25, -0.2) is 0 Å². The van der Waals surface area contributed by atoms with Crippen molar-refractivity contribution in [3.8, 4) is 0 Å². The summed E-state index contributed by atoms with van der Waals surface area (Å²) in [6.45, 7) is 12.5. The van der Waals surface area contributed by atoms with Crippen LogP contribution >= 0.6 is 11.8 Å². The standard InChI is InChI=1S/C30H56N4O6S/c1-12-20(6)28(33(9)30(39)26(18(2)3)31-29(38)27(19(4)5)32(7)8)22(40-10)16-24(35)34-15-13-14-21(34)23(41-11)17-25(36)37/h18-23,26-28H,12-17H2,1-11H3,(H,31,38)(H,36,37). The number of hydrogen-bond acceptors (Lipinski definition) is 7. The Morgan fingerprint density at radius 1 is 1.05 bits per heavy atom. The lowest BCUT2D eigenvalue weighted by atomic mass is 9.89. The van der Waals surface area contributed by atoms with Gasteiger partial charge in [-0.15, -0.1) is 0 Å². The van der Waals surface area contributed by atoms with Crippen molar-refractivity contribution < 1.29 is 29.0 Å². The van der Waals surface area contributed by atoms with Crippen LogP contribution in [0.15, 0.2) is 0 Å². The number of carboxylic acid groups (broad SMARTS) is 1. The summed E-state index contributed by atoms with van der Waals surface area (Å²) in [6, 6.07) is -1.64. The van der Waals surface area contributed by atoms with Crippen molar-refractivity contribution in [1.29, 1.82) is 0 Å². The van der Waals surface area contributed by atoms with Crippen molar-refractivity contribution in [1.82, 2.24) is 20.0 Å². The summed E-state index contributed by atoms with van der Waals surface area (Å²) in [7, 11) is 7.01. The highest BCUT2D eigenvalue weighted by Gasteiger charge is 2.41. The molecule has 0 aromatic carbocycles. The normalized spacial score (nSPS) is 20.0. The maximum atomic E-state index is 14.0. The summed E-state index contributed by atoms with van der Waals surface area (Å²) in [6.07, 6.45) is 3.79. The molecule has 0 saturated carbocycles. The molecule has 0 bridgehead atoms. The highest BCUT2D eigenvalue weighted by Crippen LogP contribution is 2.31. The number of carboxylic acids is 1. The number of likely N-dealkylation sites (N-methyl/N-ethyl adjacent to an activating group) is 2. The SMILES string of the molecule is CCC(C)C(C(CC(=O)N1CCCC1C(CC(=O)O)SC)OC)N(C)C(=O)C(NC(=O)C(C(C)C)N(C)C)C(C)C. The van der Waals surface area contributed by atoms with Crippen LogP contribution in [0, 0.1) is 17.8 Å². The van der Waals surface area contributed by atoms with Crippen LogP contribution < -0.4 is 5.32 Å². The van der Waals surface area contributed by atoms with Gasteiger partial charge in [0.2, 0.25) is 17.7 Å². The van der Waals surface area contributed by atoms with Gasteiger partial charge in [-0.3, -0.25) is 24.1 Å². The first-order valence-corrected chi connectivity index (χ1v) is 16.2. The Morgan fingerprint density at radius 3 is 2.10 bits per heavy atom. The zero-order valence-electron chi connectivity index (χ0n) is 27.2. The molecule has 1 aliphatic rings. The van der Waals surface area contributed by atoms with E-state index in [-0.39, 0.29) is 65.7 Å². The van der Waals surface area contributed by atoms with E-state index in [9.17, 15) is 24.3 Å². The van der Waals surface area contributed by atoms with Gasteiger partial charge in [0.1, 0.15) is 6.04 Å². The van der Waals surface area contributed by atoms with Crippen molar-refractivity contribution in [3.63, 3.8) is 0 Å². The zero-order chi connectivity index (χ0) is 31.6. The van der Waals surface area contributed by atoms with Crippen molar-refractivity contribution in [3.05, 3.63) is 0 Å². The van der Waals surface area contributed by atoms with E-state index in [0.717, 1.165) is 19.3 Å². The molecule has 1 rings (SSSR count). The number of nitrogens with zero attached hydrogens (tertiary/aromatic N) is 3. The Hall–Kier alpha value is -1.85. The molecule has 41 heavy (non-hydrogen) atoms. The Bertz CT molecular complexity index is 862. The number of rotatable bonds is 17. The molecule has 0 aromatic heterocycles. The summed E-state index contributed by atoms with van der Waals surface area (Å²) in [5, 5.41) is 12.2.